The molecule has 1 aromatic carbocycles. The maximum Gasteiger partial charge on any atom is 0.232 e. The Bertz CT molecular complexity index is 701. The zero-order valence-corrected chi connectivity index (χ0v) is 14.9. The van der Waals surface area contributed by atoms with Crippen LogP contribution in [0.2, 0.25) is 0 Å². The van der Waals surface area contributed by atoms with Crippen molar-refractivity contribution in [3.05, 3.63) is 28.5 Å². The topological polar surface area (TPSA) is 46.1 Å². The number of piperidine rings is 1. The number of carbonyl (C=O) groups is 1. The number of fused-ring (bicyclic) bond motifs is 1. The normalized spacial score (nSPS) is 15.3. The number of thioether (sulfide) groups is 1. The van der Waals surface area contributed by atoms with E-state index in [9.17, 15) is 4.79 Å². The number of halogens is 1. The van der Waals surface area contributed by atoms with Crippen molar-refractivity contribution in [2.24, 2.45) is 0 Å². The molecule has 2 heterocycles. The molecule has 0 radical (unpaired) electrons. The highest BCUT2D eigenvalue weighted by Gasteiger charge is 2.17. The van der Waals surface area contributed by atoms with Crippen LogP contribution in [0.3, 0.4) is 0 Å². The Labute approximate surface area is 142 Å². The molecular formula is C16H18BrN3OS. The first-order chi connectivity index (χ1) is 10.6. The maximum absolute atomic E-state index is 12.3. The van der Waals surface area contributed by atoms with E-state index in [1.807, 2.05) is 30.0 Å². The molecule has 22 heavy (non-hydrogen) atoms. The average Bonchev–Trinajstić information content (AvgIpc) is 2.53. The molecular weight excluding hydrogens is 362 g/mol. The van der Waals surface area contributed by atoms with Gasteiger partial charge in [0.25, 0.3) is 0 Å². The molecule has 116 valence electrons. The number of rotatable bonds is 3. The number of likely N-dealkylation sites (tertiary alicyclic amines) is 1. The molecule has 0 saturated carbocycles. The molecule has 4 nitrogen and oxygen atoms in total. The molecule has 0 spiro atoms. The smallest absolute Gasteiger partial charge is 0.232 e. The van der Waals surface area contributed by atoms with E-state index in [0.717, 1.165) is 52.2 Å². The van der Waals surface area contributed by atoms with E-state index in [2.05, 4.69) is 25.9 Å². The van der Waals surface area contributed by atoms with Crippen LogP contribution in [0.5, 0.6) is 0 Å². The van der Waals surface area contributed by atoms with Crippen molar-refractivity contribution in [3.63, 3.8) is 0 Å². The molecule has 6 heteroatoms. The Morgan fingerprint density at radius 2 is 2.05 bits per heavy atom. The average molecular weight is 380 g/mol. The highest BCUT2D eigenvalue weighted by molar-refractivity contribution is 9.10. The first-order valence-corrected chi connectivity index (χ1v) is 9.26. The highest BCUT2D eigenvalue weighted by Crippen LogP contribution is 2.28. The molecule has 3 rings (SSSR count). The molecule has 1 amide bonds. The van der Waals surface area contributed by atoms with E-state index in [4.69, 9.17) is 0 Å². The van der Waals surface area contributed by atoms with Gasteiger partial charge in [-0.1, -0.05) is 27.7 Å². The van der Waals surface area contributed by atoms with Gasteiger partial charge in [-0.05, 0) is 44.4 Å². The quantitative estimate of drug-likeness (QED) is 0.600. The summed E-state index contributed by atoms with van der Waals surface area (Å²) in [6, 6.07) is 5.97. The zero-order chi connectivity index (χ0) is 15.5. The molecule has 0 atom stereocenters. The van der Waals surface area contributed by atoms with E-state index >= 15 is 0 Å². The number of hydrogen-bond acceptors (Lipinski definition) is 4. The fraction of sp³-hybridized carbons (Fsp3) is 0.438. The Hall–Kier alpha value is -1.14. The van der Waals surface area contributed by atoms with Crippen molar-refractivity contribution in [1.82, 2.24) is 14.9 Å². The predicted octanol–water partition coefficient (Wildman–Crippen LogP) is 3.81. The summed E-state index contributed by atoms with van der Waals surface area (Å²) in [6.07, 6.45) is 3.48. The molecule has 1 fully saturated rings. The number of carbonyl (C=O) groups excluding carboxylic acids is 1. The van der Waals surface area contributed by atoms with E-state index in [0.29, 0.717) is 5.75 Å². The third-order valence-corrected chi connectivity index (χ3v) is 5.24. The number of benzene rings is 1. The van der Waals surface area contributed by atoms with Crippen molar-refractivity contribution < 1.29 is 4.79 Å². The van der Waals surface area contributed by atoms with Gasteiger partial charge in [-0.2, -0.15) is 0 Å². The summed E-state index contributed by atoms with van der Waals surface area (Å²) in [5.41, 5.74) is 0.920. The van der Waals surface area contributed by atoms with Crippen molar-refractivity contribution in [2.45, 2.75) is 31.2 Å². The Morgan fingerprint density at radius 3 is 2.82 bits per heavy atom. The van der Waals surface area contributed by atoms with Crippen molar-refractivity contribution in [1.29, 1.82) is 0 Å². The van der Waals surface area contributed by atoms with Gasteiger partial charge in [0.1, 0.15) is 10.9 Å². The maximum atomic E-state index is 12.3. The van der Waals surface area contributed by atoms with Gasteiger partial charge in [0, 0.05) is 22.9 Å². The lowest BCUT2D eigenvalue weighted by atomic mass is 10.1. The minimum absolute atomic E-state index is 0.212. The summed E-state index contributed by atoms with van der Waals surface area (Å²) in [4.78, 5) is 23.3. The Morgan fingerprint density at radius 1 is 1.27 bits per heavy atom. The molecule has 0 bridgehead atoms. The van der Waals surface area contributed by atoms with Gasteiger partial charge in [-0.3, -0.25) is 4.79 Å². The molecule has 1 saturated heterocycles. The lowest BCUT2D eigenvalue weighted by Crippen LogP contribution is -2.36. The second kappa shape index (κ2) is 6.96. The van der Waals surface area contributed by atoms with Gasteiger partial charge >= 0.3 is 0 Å². The van der Waals surface area contributed by atoms with Gasteiger partial charge in [-0.15, -0.1) is 0 Å². The Kier molecular flexibility index (Phi) is 4.98. The molecule has 1 aliphatic rings. The molecule has 0 unspecified atom stereocenters. The van der Waals surface area contributed by atoms with Crippen LogP contribution in [0.25, 0.3) is 10.9 Å². The SMILES string of the molecule is Cc1nc(SCC(=O)N2CCCCC2)c2cc(Br)ccc2n1. The first kappa shape index (κ1) is 15.7. The molecule has 0 aliphatic carbocycles. The van der Waals surface area contributed by atoms with E-state index < -0.39 is 0 Å². The lowest BCUT2D eigenvalue weighted by Gasteiger charge is -2.26. The van der Waals surface area contributed by atoms with Gasteiger partial charge in [0.05, 0.1) is 11.3 Å². The van der Waals surface area contributed by atoms with Crippen LogP contribution >= 0.6 is 27.7 Å². The van der Waals surface area contributed by atoms with Crippen LogP contribution in [0.4, 0.5) is 0 Å². The number of hydrogen-bond donors (Lipinski definition) is 0. The highest BCUT2D eigenvalue weighted by atomic mass is 79.9. The lowest BCUT2D eigenvalue weighted by molar-refractivity contribution is -0.129. The summed E-state index contributed by atoms with van der Waals surface area (Å²) in [7, 11) is 0. The number of aromatic nitrogens is 2. The minimum atomic E-state index is 0.212. The molecule has 1 aliphatic heterocycles. The summed E-state index contributed by atoms with van der Waals surface area (Å²) < 4.78 is 0.997. The van der Waals surface area contributed by atoms with Crippen LogP contribution in [-0.4, -0.2) is 39.6 Å². The van der Waals surface area contributed by atoms with Gasteiger partial charge in [0.2, 0.25) is 5.91 Å². The monoisotopic (exact) mass is 379 g/mol. The summed E-state index contributed by atoms with van der Waals surface area (Å²) >= 11 is 5.00. The van der Waals surface area contributed by atoms with Gasteiger partial charge in [0.15, 0.2) is 0 Å². The summed E-state index contributed by atoms with van der Waals surface area (Å²) in [5, 5.41) is 1.88. The van der Waals surface area contributed by atoms with E-state index in [1.165, 1.54) is 18.2 Å². The fourth-order valence-corrected chi connectivity index (χ4v) is 3.98. The predicted molar refractivity (Wildman–Crippen MR) is 93.1 cm³/mol. The van der Waals surface area contributed by atoms with Crippen LogP contribution in [-0.2, 0) is 4.79 Å². The second-order valence-electron chi connectivity index (χ2n) is 5.47. The van der Waals surface area contributed by atoms with Crippen LogP contribution in [0, 0.1) is 6.92 Å². The van der Waals surface area contributed by atoms with Gasteiger partial charge in [-0.25, -0.2) is 9.97 Å². The minimum Gasteiger partial charge on any atom is -0.342 e. The molecule has 0 N–H and O–H groups in total. The van der Waals surface area contributed by atoms with Gasteiger partial charge < -0.3 is 4.90 Å². The fourth-order valence-electron chi connectivity index (χ4n) is 2.66. The van der Waals surface area contributed by atoms with Crippen LogP contribution in [0.15, 0.2) is 27.7 Å². The van der Waals surface area contributed by atoms with Crippen molar-refractivity contribution in [2.75, 3.05) is 18.8 Å². The molecule has 1 aromatic heterocycles. The van der Waals surface area contributed by atoms with Crippen LogP contribution in [0.1, 0.15) is 25.1 Å². The standard InChI is InChI=1S/C16H18BrN3OS/c1-11-18-14-6-5-12(17)9-13(14)16(19-11)22-10-15(21)20-7-3-2-4-8-20/h5-6,9H,2-4,7-8,10H2,1H3. The second-order valence-corrected chi connectivity index (χ2v) is 7.35. The Balaban J connectivity index is 1.78. The largest absolute Gasteiger partial charge is 0.342 e. The zero-order valence-electron chi connectivity index (χ0n) is 12.5. The molecule has 2 aromatic rings. The first-order valence-electron chi connectivity index (χ1n) is 7.48. The van der Waals surface area contributed by atoms with E-state index in [-0.39, 0.29) is 5.91 Å². The number of amides is 1. The number of aryl methyl sites for hydroxylation is 1. The van der Waals surface area contributed by atoms with Crippen molar-refractivity contribution in [3.8, 4) is 0 Å². The third-order valence-electron chi connectivity index (χ3n) is 3.78. The summed E-state index contributed by atoms with van der Waals surface area (Å²) in [6.45, 7) is 3.68. The third kappa shape index (κ3) is 3.60. The number of nitrogens with zero attached hydrogens (tertiary/aromatic N) is 3. The summed E-state index contributed by atoms with van der Waals surface area (Å²) in [5.74, 6) is 1.39. The van der Waals surface area contributed by atoms with Crippen LogP contribution < -0.4 is 0 Å². The van der Waals surface area contributed by atoms with Crippen molar-refractivity contribution >= 4 is 44.5 Å². The van der Waals surface area contributed by atoms with E-state index in [1.54, 1.807) is 0 Å².